The van der Waals surface area contributed by atoms with E-state index in [-0.39, 0.29) is 11.4 Å². The fourth-order valence-corrected chi connectivity index (χ4v) is 2.56. The minimum absolute atomic E-state index is 0.0953. The van der Waals surface area contributed by atoms with E-state index in [9.17, 15) is 29.9 Å². The third kappa shape index (κ3) is 4.88. The summed E-state index contributed by atoms with van der Waals surface area (Å²) in [5.41, 5.74) is -3.03. The van der Waals surface area contributed by atoms with Crippen molar-refractivity contribution in [3.8, 4) is 17.2 Å². The molecule has 0 amide bonds. The molecule has 1 aromatic heterocycles. The molecular weight excluding hydrogens is 396 g/mol. The first-order valence-electron chi connectivity index (χ1n) is 9.00. The van der Waals surface area contributed by atoms with Crippen LogP contribution < -0.4 is 0 Å². The second-order valence-corrected chi connectivity index (χ2v) is 8.51. The lowest BCUT2D eigenvalue weighted by atomic mass is 10.2. The van der Waals surface area contributed by atoms with Crippen LogP contribution in [0.1, 0.15) is 62.5 Å². The summed E-state index contributed by atoms with van der Waals surface area (Å²) in [6.45, 7) is 9.64. The molecule has 0 fully saturated rings. The van der Waals surface area contributed by atoms with Crippen molar-refractivity contribution in [1.82, 2.24) is 4.57 Å². The molecule has 0 spiro atoms. The van der Waals surface area contributed by atoms with E-state index >= 15 is 0 Å². The van der Waals surface area contributed by atoms with Crippen molar-refractivity contribution >= 4 is 17.6 Å². The number of carbonyl (C=O) groups excluding carboxylic acids is 2. The van der Waals surface area contributed by atoms with E-state index in [2.05, 4.69) is 0 Å². The first-order valence-corrected chi connectivity index (χ1v) is 9.00. The second-order valence-electron chi connectivity index (χ2n) is 8.51. The van der Waals surface area contributed by atoms with Crippen molar-refractivity contribution in [2.24, 2.45) is 0 Å². The predicted molar refractivity (Wildman–Crippen MR) is 106 cm³/mol. The van der Waals surface area contributed by atoms with E-state index in [1.54, 1.807) is 41.5 Å². The van der Waals surface area contributed by atoms with Crippen LogP contribution in [0, 0.1) is 10.1 Å². The number of nitro groups is 1. The summed E-state index contributed by atoms with van der Waals surface area (Å²) in [5, 5.41) is 31.8. The molecule has 1 heterocycles. The number of aromatic hydroxyl groups is 2. The zero-order valence-corrected chi connectivity index (χ0v) is 17.5. The Morgan fingerprint density at radius 3 is 1.53 bits per heavy atom. The Labute approximate surface area is 172 Å². The normalized spacial score (nSPS) is 11.8. The van der Waals surface area contributed by atoms with Gasteiger partial charge in [-0.1, -0.05) is 0 Å². The molecule has 10 heteroatoms. The topological polar surface area (TPSA) is 141 Å². The van der Waals surface area contributed by atoms with Gasteiger partial charge in [0.15, 0.2) is 22.9 Å². The lowest BCUT2D eigenvalue weighted by molar-refractivity contribution is -0.384. The maximum Gasteiger partial charge on any atom is 0.359 e. The number of non-ortho nitro benzene ring substituents is 1. The van der Waals surface area contributed by atoms with Crippen molar-refractivity contribution in [3.05, 3.63) is 45.8 Å². The third-order valence-corrected chi connectivity index (χ3v) is 3.62. The van der Waals surface area contributed by atoms with Gasteiger partial charge in [-0.05, 0) is 53.7 Å². The van der Waals surface area contributed by atoms with Crippen LogP contribution in [0.2, 0.25) is 0 Å². The van der Waals surface area contributed by atoms with Gasteiger partial charge in [-0.15, -0.1) is 0 Å². The molecule has 2 aromatic rings. The molecule has 162 valence electrons. The zero-order chi connectivity index (χ0) is 23.0. The van der Waals surface area contributed by atoms with Gasteiger partial charge >= 0.3 is 11.9 Å². The van der Waals surface area contributed by atoms with Gasteiger partial charge in [0, 0.05) is 17.8 Å². The molecule has 0 aliphatic rings. The first-order chi connectivity index (χ1) is 13.6. The number of aromatic nitrogens is 1. The fraction of sp³-hybridized carbons (Fsp3) is 0.400. The maximum atomic E-state index is 12.7. The summed E-state index contributed by atoms with van der Waals surface area (Å²) < 4.78 is 11.5. The number of nitrogens with zero attached hydrogens (tertiary/aromatic N) is 2. The standard InChI is InChI=1S/C20H24N2O8/c1-19(2,3)29-17(25)13-15(23)16(24)14(18(26)30-20(4,5)6)21(13)11-7-9-12(10-8-11)22(27)28/h7-10,23-24H,1-6H3. The van der Waals surface area contributed by atoms with Crippen molar-refractivity contribution in [2.75, 3.05) is 0 Å². The summed E-state index contributed by atoms with van der Waals surface area (Å²) in [6.07, 6.45) is 0. The average molecular weight is 420 g/mol. The summed E-state index contributed by atoms with van der Waals surface area (Å²) in [5.74, 6) is -3.76. The summed E-state index contributed by atoms with van der Waals surface area (Å²) >= 11 is 0. The Balaban J connectivity index is 2.76. The van der Waals surface area contributed by atoms with E-state index in [0.717, 1.165) is 16.7 Å². The molecule has 0 radical (unpaired) electrons. The van der Waals surface area contributed by atoms with Crippen LogP contribution >= 0.6 is 0 Å². The quantitative estimate of drug-likeness (QED) is 0.433. The minimum atomic E-state index is -1.01. The molecule has 2 rings (SSSR count). The van der Waals surface area contributed by atoms with Gasteiger partial charge in [0.2, 0.25) is 0 Å². The van der Waals surface area contributed by atoms with Gasteiger partial charge in [0.25, 0.3) is 5.69 Å². The van der Waals surface area contributed by atoms with E-state index in [0.29, 0.717) is 0 Å². The number of ether oxygens (including phenoxy) is 2. The molecule has 1 aromatic carbocycles. The van der Waals surface area contributed by atoms with Crippen molar-refractivity contribution in [1.29, 1.82) is 0 Å². The van der Waals surface area contributed by atoms with E-state index in [1.165, 1.54) is 12.1 Å². The Morgan fingerprint density at radius 2 is 1.23 bits per heavy atom. The van der Waals surface area contributed by atoms with Crippen molar-refractivity contribution < 1.29 is 34.2 Å². The van der Waals surface area contributed by atoms with E-state index in [4.69, 9.17) is 9.47 Å². The summed E-state index contributed by atoms with van der Waals surface area (Å²) in [7, 11) is 0. The molecule has 0 aliphatic heterocycles. The van der Waals surface area contributed by atoms with Crippen LogP contribution in [0.5, 0.6) is 11.5 Å². The van der Waals surface area contributed by atoms with Gasteiger partial charge in [-0.3, -0.25) is 14.7 Å². The highest BCUT2D eigenvalue weighted by Gasteiger charge is 2.36. The Kier molecular flexibility index (Phi) is 5.83. The Morgan fingerprint density at radius 1 is 0.867 bits per heavy atom. The predicted octanol–water partition coefficient (Wildman–Crippen LogP) is 3.71. The van der Waals surface area contributed by atoms with Crippen molar-refractivity contribution in [3.63, 3.8) is 0 Å². The molecule has 0 unspecified atom stereocenters. The first kappa shape index (κ1) is 22.7. The number of rotatable bonds is 4. The third-order valence-electron chi connectivity index (χ3n) is 3.62. The Hall–Kier alpha value is -3.56. The van der Waals surface area contributed by atoms with Crippen LogP contribution in [0.3, 0.4) is 0 Å². The van der Waals surface area contributed by atoms with Crippen molar-refractivity contribution in [2.45, 2.75) is 52.7 Å². The highest BCUT2D eigenvalue weighted by atomic mass is 16.6. The molecule has 30 heavy (non-hydrogen) atoms. The molecular formula is C20H24N2O8. The molecule has 0 saturated heterocycles. The Bertz CT molecular complexity index is 940. The van der Waals surface area contributed by atoms with Gasteiger partial charge < -0.3 is 19.7 Å². The van der Waals surface area contributed by atoms with Crippen LogP contribution in [-0.2, 0) is 9.47 Å². The molecule has 0 atom stereocenters. The number of nitro benzene ring substituents is 1. The largest absolute Gasteiger partial charge is 0.503 e. The number of hydrogen-bond acceptors (Lipinski definition) is 8. The smallest absolute Gasteiger partial charge is 0.359 e. The molecule has 10 nitrogen and oxygen atoms in total. The van der Waals surface area contributed by atoms with Crippen LogP contribution in [0.4, 0.5) is 5.69 Å². The van der Waals surface area contributed by atoms with Gasteiger partial charge in [-0.2, -0.15) is 0 Å². The summed E-state index contributed by atoms with van der Waals surface area (Å²) in [4.78, 5) is 35.8. The lowest BCUT2D eigenvalue weighted by Gasteiger charge is -2.22. The number of esters is 2. The highest BCUT2D eigenvalue weighted by molar-refractivity contribution is 6.00. The maximum absolute atomic E-state index is 12.7. The molecule has 0 bridgehead atoms. The van der Waals surface area contributed by atoms with Gasteiger partial charge in [0.05, 0.1) is 4.92 Å². The lowest BCUT2D eigenvalue weighted by Crippen LogP contribution is -2.27. The number of benzene rings is 1. The van der Waals surface area contributed by atoms with Gasteiger partial charge in [-0.25, -0.2) is 9.59 Å². The molecule has 0 saturated carbocycles. The van der Waals surface area contributed by atoms with Crippen LogP contribution in [0.15, 0.2) is 24.3 Å². The fourth-order valence-electron chi connectivity index (χ4n) is 2.56. The monoisotopic (exact) mass is 420 g/mol. The summed E-state index contributed by atoms with van der Waals surface area (Å²) in [6, 6.07) is 4.83. The van der Waals surface area contributed by atoms with E-state index < -0.39 is 51.0 Å². The highest BCUT2D eigenvalue weighted by Crippen LogP contribution is 2.40. The van der Waals surface area contributed by atoms with Crippen LogP contribution in [-0.4, -0.2) is 42.8 Å². The number of hydrogen-bond donors (Lipinski definition) is 2. The zero-order valence-electron chi connectivity index (χ0n) is 17.5. The molecule has 0 aliphatic carbocycles. The van der Waals surface area contributed by atoms with Crippen LogP contribution in [0.25, 0.3) is 5.69 Å². The number of carbonyl (C=O) groups is 2. The average Bonchev–Trinajstić information content (AvgIpc) is 2.83. The molecule has 2 N–H and O–H groups in total. The van der Waals surface area contributed by atoms with E-state index in [1.807, 2.05) is 0 Å². The van der Waals surface area contributed by atoms with Gasteiger partial charge in [0.1, 0.15) is 11.2 Å². The second kappa shape index (κ2) is 7.69. The SMILES string of the molecule is CC(C)(C)OC(=O)c1c(O)c(O)c(C(=O)OC(C)(C)C)n1-c1ccc([N+](=O)[O-])cc1. The minimum Gasteiger partial charge on any atom is -0.503 e.